The molecule has 6 nitrogen and oxygen atoms in total. The van der Waals surface area contributed by atoms with E-state index in [2.05, 4.69) is 22.2 Å². The van der Waals surface area contributed by atoms with Gasteiger partial charge in [0.15, 0.2) is 0 Å². The van der Waals surface area contributed by atoms with Crippen LogP contribution in [0.25, 0.3) is 11.3 Å². The van der Waals surface area contributed by atoms with Gasteiger partial charge in [-0.3, -0.25) is 0 Å². The molecule has 0 bridgehead atoms. The molecular formula is C29H24Cl2N2O4. The van der Waals surface area contributed by atoms with E-state index >= 15 is 0 Å². The van der Waals surface area contributed by atoms with Crippen LogP contribution in [0.3, 0.4) is 0 Å². The van der Waals surface area contributed by atoms with E-state index in [4.69, 9.17) is 32.5 Å². The first-order chi connectivity index (χ1) is 18.0. The van der Waals surface area contributed by atoms with E-state index in [0.717, 1.165) is 48.6 Å². The number of anilines is 1. The Morgan fingerprint density at radius 3 is 2.59 bits per heavy atom. The Balaban J connectivity index is 1.22. The molecule has 1 aliphatic heterocycles. The molecule has 4 aromatic rings. The summed E-state index contributed by atoms with van der Waals surface area (Å²) in [4.78, 5) is 13.6. The van der Waals surface area contributed by atoms with Crippen molar-refractivity contribution in [3.63, 3.8) is 0 Å². The molecule has 1 N–H and O–H groups in total. The summed E-state index contributed by atoms with van der Waals surface area (Å²) in [6.45, 7) is 1.82. The van der Waals surface area contributed by atoms with E-state index in [1.807, 2.05) is 18.2 Å². The number of aromatic carboxylic acids is 1. The lowest BCUT2D eigenvalue weighted by molar-refractivity contribution is 0.0697. The Hall–Kier alpha value is -3.48. The van der Waals surface area contributed by atoms with Gasteiger partial charge in [0.1, 0.15) is 23.8 Å². The summed E-state index contributed by atoms with van der Waals surface area (Å²) in [5.41, 5.74) is 5.82. The van der Waals surface area contributed by atoms with Crippen molar-refractivity contribution in [2.45, 2.75) is 38.3 Å². The van der Waals surface area contributed by atoms with Gasteiger partial charge < -0.3 is 19.3 Å². The van der Waals surface area contributed by atoms with Crippen LogP contribution in [0, 0.1) is 0 Å². The molecule has 37 heavy (non-hydrogen) atoms. The average molecular weight is 535 g/mol. The summed E-state index contributed by atoms with van der Waals surface area (Å²) < 4.78 is 12.0. The van der Waals surface area contributed by atoms with Crippen molar-refractivity contribution in [1.82, 2.24) is 5.16 Å². The molecule has 188 valence electrons. The van der Waals surface area contributed by atoms with Crippen molar-refractivity contribution in [3.05, 3.63) is 98.7 Å². The van der Waals surface area contributed by atoms with Crippen molar-refractivity contribution < 1.29 is 19.2 Å². The number of fused-ring (bicyclic) bond motifs is 1. The quantitative estimate of drug-likeness (QED) is 0.266. The summed E-state index contributed by atoms with van der Waals surface area (Å²) >= 11 is 13.0. The number of benzene rings is 3. The molecule has 0 unspecified atom stereocenters. The zero-order valence-corrected chi connectivity index (χ0v) is 21.4. The van der Waals surface area contributed by atoms with E-state index in [0.29, 0.717) is 45.9 Å². The van der Waals surface area contributed by atoms with Gasteiger partial charge in [0.25, 0.3) is 0 Å². The summed E-state index contributed by atoms with van der Waals surface area (Å²) in [7, 11) is 0. The highest BCUT2D eigenvalue weighted by Crippen LogP contribution is 2.46. The molecular weight excluding hydrogens is 511 g/mol. The van der Waals surface area contributed by atoms with Gasteiger partial charge >= 0.3 is 5.97 Å². The second kappa shape index (κ2) is 9.77. The molecule has 8 heteroatoms. The fraction of sp³-hybridized carbons (Fsp3) is 0.241. The molecule has 3 aromatic carbocycles. The van der Waals surface area contributed by atoms with Crippen LogP contribution in [-0.2, 0) is 19.6 Å². The van der Waals surface area contributed by atoms with Crippen molar-refractivity contribution in [3.8, 4) is 17.0 Å². The van der Waals surface area contributed by atoms with Crippen LogP contribution in [0.15, 0.2) is 65.2 Å². The van der Waals surface area contributed by atoms with Crippen molar-refractivity contribution in [2.75, 3.05) is 11.4 Å². The molecule has 2 heterocycles. The van der Waals surface area contributed by atoms with Gasteiger partial charge in [0.2, 0.25) is 0 Å². The third-order valence-electron chi connectivity index (χ3n) is 7.00. The predicted molar refractivity (Wildman–Crippen MR) is 143 cm³/mol. The maximum absolute atomic E-state index is 11.4. The van der Waals surface area contributed by atoms with E-state index < -0.39 is 5.97 Å². The Bertz CT molecular complexity index is 1480. The normalized spacial score (nSPS) is 14.9. The number of carbonyl (C=O) groups is 1. The van der Waals surface area contributed by atoms with Gasteiger partial charge in [-0.25, -0.2) is 4.79 Å². The lowest BCUT2D eigenvalue weighted by Crippen LogP contribution is -2.30. The summed E-state index contributed by atoms with van der Waals surface area (Å²) in [5.74, 6) is 1.07. The fourth-order valence-electron chi connectivity index (χ4n) is 4.88. The number of nitrogens with zero attached hydrogens (tertiary/aromatic N) is 2. The molecule has 1 aromatic heterocycles. The lowest BCUT2D eigenvalue weighted by Gasteiger charge is -2.31. The Morgan fingerprint density at radius 1 is 1.05 bits per heavy atom. The molecule has 0 amide bonds. The topological polar surface area (TPSA) is 75.8 Å². The number of ether oxygens (including phenoxy) is 1. The van der Waals surface area contributed by atoms with Crippen LogP contribution in [-0.4, -0.2) is 22.8 Å². The first-order valence-electron chi connectivity index (χ1n) is 12.2. The molecule has 0 atom stereocenters. The Labute approximate surface area is 224 Å². The van der Waals surface area contributed by atoms with Gasteiger partial charge in [-0.05, 0) is 72.9 Å². The van der Waals surface area contributed by atoms with E-state index in [1.165, 1.54) is 11.1 Å². The lowest BCUT2D eigenvalue weighted by atomic mass is 9.98. The zero-order chi connectivity index (χ0) is 25.5. The molecule has 2 aliphatic rings. The number of hydrogen-bond acceptors (Lipinski definition) is 5. The van der Waals surface area contributed by atoms with Crippen molar-refractivity contribution >= 4 is 34.9 Å². The van der Waals surface area contributed by atoms with Crippen LogP contribution in [0.1, 0.15) is 51.6 Å². The van der Waals surface area contributed by atoms with Gasteiger partial charge in [0.05, 0.1) is 21.2 Å². The smallest absolute Gasteiger partial charge is 0.335 e. The molecule has 1 aliphatic carbocycles. The maximum Gasteiger partial charge on any atom is 0.335 e. The molecule has 0 spiro atoms. The summed E-state index contributed by atoms with van der Waals surface area (Å²) in [6, 6.07) is 18.6. The van der Waals surface area contributed by atoms with Crippen molar-refractivity contribution in [2.24, 2.45) is 0 Å². The SMILES string of the molecule is O=C(O)c1cccc(N2CCc3cc(OCc4c(-c5c(Cl)cccc5Cl)noc4C4CC4)ccc3C2)c1. The third kappa shape index (κ3) is 4.79. The minimum absolute atomic E-state index is 0.295. The van der Waals surface area contributed by atoms with Gasteiger partial charge in [-0.2, -0.15) is 0 Å². The minimum atomic E-state index is -0.918. The number of rotatable bonds is 7. The number of halogens is 2. The number of carboxylic acids is 1. The van der Waals surface area contributed by atoms with Crippen molar-refractivity contribution in [1.29, 1.82) is 0 Å². The molecule has 0 radical (unpaired) electrons. The van der Waals surface area contributed by atoms with Crippen LogP contribution in [0.2, 0.25) is 10.0 Å². The Kier molecular flexibility index (Phi) is 6.31. The molecule has 0 saturated heterocycles. The van der Waals surface area contributed by atoms with E-state index in [1.54, 1.807) is 30.3 Å². The highest BCUT2D eigenvalue weighted by Gasteiger charge is 2.33. The predicted octanol–water partition coefficient (Wildman–Crippen LogP) is 7.37. The number of aromatic nitrogens is 1. The standard InChI is InChI=1S/C29H24Cl2N2O4/c30-24-5-2-6-25(31)26(24)27-23(28(37-32-27)17-7-8-17)16-36-22-10-9-20-15-33(12-11-18(20)14-22)21-4-1-3-19(13-21)29(34)35/h1-6,9-10,13-14,17H,7-8,11-12,15-16H2,(H,34,35). The summed E-state index contributed by atoms with van der Waals surface area (Å²) in [5, 5.41) is 14.7. The van der Waals surface area contributed by atoms with Gasteiger partial charge in [0, 0.05) is 30.3 Å². The minimum Gasteiger partial charge on any atom is -0.489 e. The highest BCUT2D eigenvalue weighted by molar-refractivity contribution is 6.39. The summed E-state index contributed by atoms with van der Waals surface area (Å²) in [6.07, 6.45) is 2.98. The fourth-order valence-corrected chi connectivity index (χ4v) is 5.46. The zero-order valence-electron chi connectivity index (χ0n) is 19.9. The van der Waals surface area contributed by atoms with E-state index in [9.17, 15) is 9.90 Å². The average Bonchev–Trinajstić information content (AvgIpc) is 3.67. The maximum atomic E-state index is 11.4. The highest BCUT2D eigenvalue weighted by atomic mass is 35.5. The first-order valence-corrected chi connectivity index (χ1v) is 13.0. The second-order valence-corrected chi connectivity index (χ2v) is 10.3. The number of hydrogen-bond donors (Lipinski definition) is 1. The van der Waals surface area contributed by atoms with Gasteiger partial charge in [-0.1, -0.05) is 46.6 Å². The van der Waals surface area contributed by atoms with Gasteiger partial charge in [-0.15, -0.1) is 0 Å². The van der Waals surface area contributed by atoms with Crippen LogP contribution in [0.4, 0.5) is 5.69 Å². The monoisotopic (exact) mass is 534 g/mol. The van der Waals surface area contributed by atoms with Crippen LogP contribution < -0.4 is 9.64 Å². The molecule has 1 fully saturated rings. The molecule has 6 rings (SSSR count). The second-order valence-electron chi connectivity index (χ2n) is 9.49. The third-order valence-corrected chi connectivity index (χ3v) is 7.63. The molecule has 1 saturated carbocycles. The first kappa shape index (κ1) is 23.9. The Morgan fingerprint density at radius 2 is 1.84 bits per heavy atom. The largest absolute Gasteiger partial charge is 0.489 e. The number of carboxylic acid groups (broad SMARTS) is 1. The van der Waals surface area contributed by atoms with Crippen LogP contribution >= 0.6 is 23.2 Å². The van der Waals surface area contributed by atoms with E-state index in [-0.39, 0.29) is 0 Å². The van der Waals surface area contributed by atoms with Crippen LogP contribution in [0.5, 0.6) is 5.75 Å².